The van der Waals surface area contributed by atoms with E-state index in [-0.39, 0.29) is 47.4 Å². The molecule has 2 aromatic rings. The maximum atomic E-state index is 13.9. The second-order valence-electron chi connectivity index (χ2n) is 7.47. The molecule has 0 bridgehead atoms. The molecular weight excluding hydrogens is 501 g/mol. The lowest BCUT2D eigenvalue weighted by molar-refractivity contribution is -0.117. The summed E-state index contributed by atoms with van der Waals surface area (Å²) in [6.45, 7) is 1.33. The Hall–Kier alpha value is -2.23. The highest BCUT2D eigenvalue weighted by Gasteiger charge is 2.42. The van der Waals surface area contributed by atoms with Crippen molar-refractivity contribution in [2.24, 2.45) is 4.99 Å². The van der Waals surface area contributed by atoms with Crippen molar-refractivity contribution in [1.29, 1.82) is 0 Å². The van der Waals surface area contributed by atoms with Gasteiger partial charge in [0, 0.05) is 49.8 Å². The standard InChI is InChI=1S/C22H24F2N4O.HI/c1-25-22(27-19-12-16(19)21-17(23)4-2-5-18(21)24)26-13-14-7-9-15(10-8-14)28-11-3-6-20(28)29;/h2,4-5,7-10,16,19H,3,6,11-13H2,1H3,(H2,25,26,27);1H. The second kappa shape index (κ2) is 9.72. The number of amides is 1. The lowest BCUT2D eigenvalue weighted by Crippen LogP contribution is -2.38. The van der Waals surface area contributed by atoms with Gasteiger partial charge in [-0.3, -0.25) is 9.79 Å². The maximum Gasteiger partial charge on any atom is 0.227 e. The Balaban J connectivity index is 0.00000256. The van der Waals surface area contributed by atoms with Gasteiger partial charge in [0.2, 0.25) is 5.91 Å². The molecule has 8 heteroatoms. The molecule has 2 N–H and O–H groups in total. The van der Waals surface area contributed by atoms with E-state index in [1.165, 1.54) is 18.2 Å². The summed E-state index contributed by atoms with van der Waals surface area (Å²) < 4.78 is 27.9. The van der Waals surface area contributed by atoms with Crippen molar-refractivity contribution in [3.8, 4) is 0 Å². The lowest BCUT2D eigenvalue weighted by Gasteiger charge is -2.16. The molecule has 4 rings (SSSR count). The number of hydrogen-bond donors (Lipinski definition) is 2. The van der Waals surface area contributed by atoms with Gasteiger partial charge in [-0.05, 0) is 42.7 Å². The topological polar surface area (TPSA) is 56.7 Å². The Kier molecular flexibility index (Phi) is 7.27. The van der Waals surface area contributed by atoms with Crippen LogP contribution >= 0.6 is 24.0 Å². The van der Waals surface area contributed by atoms with Crippen molar-refractivity contribution >= 4 is 41.5 Å². The SMILES string of the molecule is CN=C(NCc1ccc(N2CCCC2=O)cc1)NC1CC1c1c(F)cccc1F.I. The van der Waals surface area contributed by atoms with Crippen molar-refractivity contribution in [2.75, 3.05) is 18.5 Å². The largest absolute Gasteiger partial charge is 0.353 e. The molecule has 160 valence electrons. The van der Waals surface area contributed by atoms with E-state index in [4.69, 9.17) is 0 Å². The molecule has 2 unspecified atom stereocenters. The highest BCUT2D eigenvalue weighted by atomic mass is 127. The van der Waals surface area contributed by atoms with Gasteiger partial charge in [0.25, 0.3) is 0 Å². The van der Waals surface area contributed by atoms with Gasteiger partial charge in [0.1, 0.15) is 11.6 Å². The van der Waals surface area contributed by atoms with Gasteiger partial charge in [-0.15, -0.1) is 24.0 Å². The van der Waals surface area contributed by atoms with Gasteiger partial charge in [0.15, 0.2) is 5.96 Å². The van der Waals surface area contributed by atoms with E-state index in [0.717, 1.165) is 24.2 Å². The molecule has 30 heavy (non-hydrogen) atoms. The average molecular weight is 526 g/mol. The molecule has 5 nitrogen and oxygen atoms in total. The van der Waals surface area contributed by atoms with E-state index >= 15 is 0 Å². The molecule has 1 aliphatic heterocycles. The smallest absolute Gasteiger partial charge is 0.227 e. The molecule has 2 aliphatic rings. The van der Waals surface area contributed by atoms with E-state index in [2.05, 4.69) is 15.6 Å². The van der Waals surface area contributed by atoms with Gasteiger partial charge in [-0.25, -0.2) is 8.78 Å². The minimum Gasteiger partial charge on any atom is -0.353 e. The van der Waals surface area contributed by atoms with Crippen molar-refractivity contribution < 1.29 is 13.6 Å². The highest BCUT2D eigenvalue weighted by molar-refractivity contribution is 14.0. The number of nitrogens with zero attached hydrogens (tertiary/aromatic N) is 2. The van der Waals surface area contributed by atoms with E-state index in [0.29, 0.717) is 25.3 Å². The number of hydrogen-bond acceptors (Lipinski definition) is 2. The van der Waals surface area contributed by atoms with E-state index in [9.17, 15) is 13.6 Å². The molecule has 2 atom stereocenters. The number of carbonyl (C=O) groups is 1. The number of nitrogens with one attached hydrogen (secondary N) is 2. The highest BCUT2D eigenvalue weighted by Crippen LogP contribution is 2.43. The number of carbonyl (C=O) groups excluding carboxylic acids is 1. The van der Waals surface area contributed by atoms with Gasteiger partial charge in [0.05, 0.1) is 0 Å². The molecule has 1 saturated carbocycles. The fourth-order valence-corrected chi connectivity index (χ4v) is 3.81. The van der Waals surface area contributed by atoms with Gasteiger partial charge in [-0.2, -0.15) is 0 Å². The van der Waals surface area contributed by atoms with Crippen molar-refractivity contribution in [3.05, 3.63) is 65.2 Å². The Morgan fingerprint density at radius 3 is 2.47 bits per heavy atom. The van der Waals surface area contributed by atoms with Crippen LogP contribution in [0.4, 0.5) is 14.5 Å². The first kappa shape index (κ1) is 22.5. The van der Waals surface area contributed by atoms with Crippen LogP contribution < -0.4 is 15.5 Å². The number of rotatable bonds is 5. The summed E-state index contributed by atoms with van der Waals surface area (Å²) in [5.74, 6) is -0.427. The number of guanidine groups is 1. The molecule has 1 amide bonds. The average Bonchev–Trinajstić information content (AvgIpc) is 3.33. The molecule has 2 fully saturated rings. The van der Waals surface area contributed by atoms with Crippen LogP contribution in [0.15, 0.2) is 47.5 Å². The van der Waals surface area contributed by atoms with Crippen LogP contribution in [0.3, 0.4) is 0 Å². The fraction of sp³-hybridized carbons (Fsp3) is 0.364. The quantitative estimate of drug-likeness (QED) is 0.353. The van der Waals surface area contributed by atoms with Gasteiger partial charge < -0.3 is 15.5 Å². The molecular formula is C22H25F2IN4O. The zero-order valence-electron chi connectivity index (χ0n) is 16.7. The number of benzene rings is 2. The third-order valence-electron chi connectivity index (χ3n) is 5.49. The van der Waals surface area contributed by atoms with Crippen LogP contribution in [0, 0.1) is 11.6 Å². The monoisotopic (exact) mass is 526 g/mol. The Bertz CT molecular complexity index is 915. The first-order valence-electron chi connectivity index (χ1n) is 9.87. The second-order valence-corrected chi connectivity index (χ2v) is 7.47. The van der Waals surface area contributed by atoms with Crippen molar-refractivity contribution in [1.82, 2.24) is 10.6 Å². The van der Waals surface area contributed by atoms with Crippen LogP contribution in [-0.4, -0.2) is 31.5 Å². The van der Waals surface area contributed by atoms with E-state index < -0.39 is 11.6 Å². The van der Waals surface area contributed by atoms with Crippen LogP contribution in [0.2, 0.25) is 0 Å². The van der Waals surface area contributed by atoms with E-state index in [1.54, 1.807) is 7.05 Å². The van der Waals surface area contributed by atoms with Gasteiger partial charge >= 0.3 is 0 Å². The predicted molar refractivity (Wildman–Crippen MR) is 124 cm³/mol. The van der Waals surface area contributed by atoms with Crippen molar-refractivity contribution in [2.45, 2.75) is 37.8 Å². The Morgan fingerprint density at radius 1 is 1.17 bits per heavy atom. The maximum absolute atomic E-state index is 13.9. The first-order valence-corrected chi connectivity index (χ1v) is 9.87. The molecule has 1 aliphatic carbocycles. The molecule has 1 saturated heterocycles. The zero-order valence-corrected chi connectivity index (χ0v) is 19.0. The summed E-state index contributed by atoms with van der Waals surface area (Å²) in [4.78, 5) is 17.8. The van der Waals surface area contributed by atoms with Crippen LogP contribution in [-0.2, 0) is 11.3 Å². The normalized spacial score (nSPS) is 20.7. The minimum absolute atomic E-state index is 0. The van der Waals surface area contributed by atoms with Crippen LogP contribution in [0.1, 0.15) is 36.3 Å². The summed E-state index contributed by atoms with van der Waals surface area (Å²) in [5.41, 5.74) is 2.12. The van der Waals surface area contributed by atoms with Gasteiger partial charge in [-0.1, -0.05) is 18.2 Å². The number of halogens is 3. The Morgan fingerprint density at radius 2 is 1.87 bits per heavy atom. The molecule has 0 aromatic heterocycles. The van der Waals surface area contributed by atoms with Crippen molar-refractivity contribution in [3.63, 3.8) is 0 Å². The molecule has 0 radical (unpaired) electrons. The van der Waals surface area contributed by atoms with Crippen LogP contribution in [0.5, 0.6) is 0 Å². The predicted octanol–water partition coefficient (Wildman–Crippen LogP) is 3.93. The third-order valence-corrected chi connectivity index (χ3v) is 5.49. The summed E-state index contributed by atoms with van der Waals surface area (Å²) in [6, 6.07) is 11.8. The summed E-state index contributed by atoms with van der Waals surface area (Å²) >= 11 is 0. The molecule has 1 heterocycles. The number of anilines is 1. The van der Waals surface area contributed by atoms with Crippen LogP contribution in [0.25, 0.3) is 0 Å². The van der Waals surface area contributed by atoms with E-state index in [1.807, 2.05) is 29.2 Å². The summed E-state index contributed by atoms with van der Waals surface area (Å²) in [7, 11) is 1.67. The molecule has 2 aromatic carbocycles. The zero-order chi connectivity index (χ0) is 20.4. The third kappa shape index (κ3) is 4.91. The lowest BCUT2D eigenvalue weighted by atomic mass is 10.1. The Labute approximate surface area is 192 Å². The number of aliphatic imine (C=N–C) groups is 1. The summed E-state index contributed by atoms with van der Waals surface area (Å²) in [5, 5.41) is 6.46. The summed E-state index contributed by atoms with van der Waals surface area (Å²) in [6.07, 6.45) is 2.18. The molecule has 0 spiro atoms. The minimum atomic E-state index is -0.501. The first-order chi connectivity index (χ1) is 14.1. The fourth-order valence-electron chi connectivity index (χ4n) is 3.81.